The van der Waals surface area contributed by atoms with Crippen LogP contribution in [0.25, 0.3) is 0 Å². The lowest BCUT2D eigenvalue weighted by atomic mass is 9.98. The molecule has 0 aromatic heterocycles. The minimum Gasteiger partial charge on any atom is -0.506 e. The van der Waals surface area contributed by atoms with Gasteiger partial charge in [-0.1, -0.05) is 19.9 Å². The van der Waals surface area contributed by atoms with E-state index in [4.69, 9.17) is 9.47 Å². The third kappa shape index (κ3) is 3.98. The Morgan fingerprint density at radius 3 is 2.25 bits per heavy atom. The number of amides is 1. The first-order valence-electron chi connectivity index (χ1n) is 7.85. The Balaban J connectivity index is 2.23. The first-order valence-corrected chi connectivity index (χ1v) is 7.85. The Morgan fingerprint density at radius 2 is 1.75 bits per heavy atom. The Labute approximate surface area is 142 Å². The zero-order valence-corrected chi connectivity index (χ0v) is 14.4. The average molecular weight is 329 g/mol. The van der Waals surface area contributed by atoms with Crippen LogP contribution in [0.3, 0.4) is 0 Å². The Morgan fingerprint density at radius 1 is 1.12 bits per heavy atom. The summed E-state index contributed by atoms with van der Waals surface area (Å²) in [5.41, 5.74) is 1.79. The summed E-state index contributed by atoms with van der Waals surface area (Å²) in [7, 11) is 3.05. The molecule has 128 valence electrons. The SMILES string of the molecule is CC[C@H](C)c1ccc(NC(=O)c2cc(OC)cc(OC)c2)c(O)c1. The number of ether oxygens (including phenoxy) is 2. The van der Waals surface area contributed by atoms with Crippen molar-refractivity contribution in [3.8, 4) is 17.2 Å². The lowest BCUT2D eigenvalue weighted by molar-refractivity contribution is 0.102. The first-order chi connectivity index (χ1) is 11.5. The fourth-order valence-electron chi connectivity index (χ4n) is 2.33. The summed E-state index contributed by atoms with van der Waals surface area (Å²) < 4.78 is 10.3. The van der Waals surface area contributed by atoms with Crippen LogP contribution in [0, 0.1) is 0 Å². The molecule has 24 heavy (non-hydrogen) atoms. The molecule has 2 rings (SSSR count). The van der Waals surface area contributed by atoms with E-state index in [1.165, 1.54) is 14.2 Å². The van der Waals surface area contributed by atoms with E-state index >= 15 is 0 Å². The number of anilines is 1. The minimum atomic E-state index is -0.348. The Bertz CT molecular complexity index is 705. The van der Waals surface area contributed by atoms with Crippen molar-refractivity contribution in [3.05, 3.63) is 47.5 Å². The fourth-order valence-corrected chi connectivity index (χ4v) is 2.33. The van der Waals surface area contributed by atoms with Crippen LogP contribution in [-0.2, 0) is 0 Å². The van der Waals surface area contributed by atoms with Crippen LogP contribution in [-0.4, -0.2) is 25.2 Å². The van der Waals surface area contributed by atoms with E-state index in [0.29, 0.717) is 28.7 Å². The van der Waals surface area contributed by atoms with Gasteiger partial charge in [-0.05, 0) is 42.2 Å². The molecule has 1 amide bonds. The molecule has 2 aromatic carbocycles. The molecular formula is C19H23NO4. The van der Waals surface area contributed by atoms with E-state index < -0.39 is 0 Å². The summed E-state index contributed by atoms with van der Waals surface area (Å²) in [6, 6.07) is 10.2. The van der Waals surface area contributed by atoms with Crippen LogP contribution < -0.4 is 14.8 Å². The zero-order chi connectivity index (χ0) is 17.7. The molecule has 0 unspecified atom stereocenters. The molecule has 1 atom stereocenters. The minimum absolute atomic E-state index is 0.0519. The Kier molecular flexibility index (Phi) is 5.68. The second kappa shape index (κ2) is 7.73. The molecule has 0 aliphatic heterocycles. The number of carbonyl (C=O) groups is 1. The van der Waals surface area contributed by atoms with Gasteiger partial charge >= 0.3 is 0 Å². The predicted molar refractivity (Wildman–Crippen MR) is 94.3 cm³/mol. The third-order valence-electron chi connectivity index (χ3n) is 4.07. The maximum Gasteiger partial charge on any atom is 0.256 e. The van der Waals surface area contributed by atoms with Gasteiger partial charge in [-0.3, -0.25) is 4.79 Å². The highest BCUT2D eigenvalue weighted by Gasteiger charge is 2.13. The molecule has 0 spiro atoms. The lowest BCUT2D eigenvalue weighted by Crippen LogP contribution is -2.12. The van der Waals surface area contributed by atoms with Crippen molar-refractivity contribution < 1.29 is 19.4 Å². The molecule has 0 heterocycles. The van der Waals surface area contributed by atoms with Crippen LogP contribution in [0.5, 0.6) is 17.2 Å². The number of hydrogen-bond donors (Lipinski definition) is 2. The maximum absolute atomic E-state index is 12.4. The lowest BCUT2D eigenvalue weighted by Gasteiger charge is -2.13. The number of hydrogen-bond acceptors (Lipinski definition) is 4. The van der Waals surface area contributed by atoms with Crippen molar-refractivity contribution in [1.82, 2.24) is 0 Å². The molecule has 2 N–H and O–H groups in total. The normalized spacial score (nSPS) is 11.7. The maximum atomic E-state index is 12.4. The van der Waals surface area contributed by atoms with Crippen LogP contribution in [0.4, 0.5) is 5.69 Å². The van der Waals surface area contributed by atoms with E-state index in [1.54, 1.807) is 30.3 Å². The fraction of sp³-hybridized carbons (Fsp3) is 0.316. The zero-order valence-electron chi connectivity index (χ0n) is 14.4. The number of phenols is 1. The number of methoxy groups -OCH3 is 2. The second-order valence-electron chi connectivity index (χ2n) is 5.64. The highest BCUT2D eigenvalue weighted by molar-refractivity contribution is 6.05. The Hall–Kier alpha value is -2.69. The van der Waals surface area contributed by atoms with E-state index in [-0.39, 0.29) is 11.7 Å². The first kappa shape index (κ1) is 17.7. The summed E-state index contributed by atoms with van der Waals surface area (Å²) in [6.45, 7) is 4.18. The highest BCUT2D eigenvalue weighted by Crippen LogP contribution is 2.30. The summed E-state index contributed by atoms with van der Waals surface area (Å²) in [5.74, 6) is 1.10. The molecule has 0 aliphatic rings. The van der Waals surface area contributed by atoms with Gasteiger partial charge in [0.25, 0.3) is 5.91 Å². The number of aromatic hydroxyl groups is 1. The molecule has 5 heteroatoms. The number of phenolic OH excluding ortho intramolecular Hbond substituents is 1. The average Bonchev–Trinajstić information content (AvgIpc) is 2.61. The number of rotatable bonds is 6. The second-order valence-corrected chi connectivity index (χ2v) is 5.64. The van der Waals surface area contributed by atoms with Gasteiger partial charge in [0.1, 0.15) is 17.2 Å². The van der Waals surface area contributed by atoms with Crippen LogP contribution >= 0.6 is 0 Å². The van der Waals surface area contributed by atoms with Crippen molar-refractivity contribution in [2.24, 2.45) is 0 Å². The quantitative estimate of drug-likeness (QED) is 0.780. The van der Waals surface area contributed by atoms with E-state index in [9.17, 15) is 9.90 Å². The summed E-state index contributed by atoms with van der Waals surface area (Å²) >= 11 is 0. The van der Waals surface area contributed by atoms with Crippen molar-refractivity contribution in [2.75, 3.05) is 19.5 Å². The van der Waals surface area contributed by atoms with Crippen molar-refractivity contribution in [1.29, 1.82) is 0 Å². The third-order valence-corrected chi connectivity index (χ3v) is 4.07. The van der Waals surface area contributed by atoms with Gasteiger partial charge in [0.2, 0.25) is 0 Å². The molecule has 0 saturated heterocycles. The summed E-state index contributed by atoms with van der Waals surface area (Å²) in [5, 5.41) is 12.9. The molecule has 0 aliphatic carbocycles. The van der Waals surface area contributed by atoms with E-state index in [1.807, 2.05) is 6.07 Å². The summed E-state index contributed by atoms with van der Waals surface area (Å²) in [4.78, 5) is 12.4. The monoisotopic (exact) mass is 329 g/mol. The molecule has 0 radical (unpaired) electrons. The molecule has 0 saturated carbocycles. The number of carbonyl (C=O) groups excluding carboxylic acids is 1. The molecular weight excluding hydrogens is 306 g/mol. The standard InChI is InChI=1S/C19H23NO4/c1-5-12(2)13-6-7-17(18(21)10-13)20-19(22)14-8-15(23-3)11-16(9-14)24-4/h6-12,21H,5H2,1-4H3,(H,20,22)/t12-/m0/s1. The van der Waals surface area contributed by atoms with Gasteiger partial charge in [0.15, 0.2) is 0 Å². The van der Waals surface area contributed by atoms with E-state index in [2.05, 4.69) is 19.2 Å². The predicted octanol–water partition coefficient (Wildman–Crippen LogP) is 4.18. The molecule has 0 fully saturated rings. The van der Waals surface area contributed by atoms with Gasteiger partial charge in [-0.2, -0.15) is 0 Å². The van der Waals surface area contributed by atoms with Crippen LogP contribution in [0.2, 0.25) is 0 Å². The smallest absolute Gasteiger partial charge is 0.256 e. The van der Waals surface area contributed by atoms with Crippen molar-refractivity contribution in [2.45, 2.75) is 26.2 Å². The summed E-state index contributed by atoms with van der Waals surface area (Å²) in [6.07, 6.45) is 0.981. The van der Waals surface area contributed by atoms with Crippen molar-refractivity contribution in [3.63, 3.8) is 0 Å². The van der Waals surface area contributed by atoms with Gasteiger partial charge < -0.3 is 19.9 Å². The van der Waals surface area contributed by atoms with E-state index in [0.717, 1.165) is 12.0 Å². The number of nitrogens with one attached hydrogen (secondary N) is 1. The molecule has 2 aromatic rings. The van der Waals surface area contributed by atoms with Crippen molar-refractivity contribution >= 4 is 11.6 Å². The highest BCUT2D eigenvalue weighted by atomic mass is 16.5. The van der Waals surface area contributed by atoms with Gasteiger partial charge in [0, 0.05) is 11.6 Å². The number of benzene rings is 2. The van der Waals surface area contributed by atoms with Gasteiger partial charge in [0.05, 0.1) is 19.9 Å². The molecule has 0 bridgehead atoms. The van der Waals surface area contributed by atoms with Crippen LogP contribution in [0.1, 0.15) is 42.1 Å². The van der Waals surface area contributed by atoms with Gasteiger partial charge in [-0.25, -0.2) is 0 Å². The largest absolute Gasteiger partial charge is 0.506 e. The van der Waals surface area contributed by atoms with Crippen LogP contribution in [0.15, 0.2) is 36.4 Å². The van der Waals surface area contributed by atoms with Gasteiger partial charge in [-0.15, -0.1) is 0 Å². The molecule has 5 nitrogen and oxygen atoms in total. The topological polar surface area (TPSA) is 67.8 Å².